The lowest BCUT2D eigenvalue weighted by molar-refractivity contribution is -0.112. The SMILES string of the molecule is O=C1CCCCCCCC(=O)SS1. The Morgan fingerprint density at radius 2 is 1.08 bits per heavy atom. The molecule has 0 bridgehead atoms. The van der Waals surface area contributed by atoms with E-state index in [2.05, 4.69) is 0 Å². The summed E-state index contributed by atoms with van der Waals surface area (Å²) in [4.78, 5) is 22.3. The fourth-order valence-electron chi connectivity index (χ4n) is 1.25. The summed E-state index contributed by atoms with van der Waals surface area (Å²) >= 11 is 0. The second-order valence-corrected chi connectivity index (χ2v) is 5.42. The smallest absolute Gasteiger partial charge is 0.199 e. The molecule has 0 N–H and O–H groups in total. The Morgan fingerprint density at radius 3 is 1.54 bits per heavy atom. The van der Waals surface area contributed by atoms with Crippen LogP contribution in [0.4, 0.5) is 0 Å². The van der Waals surface area contributed by atoms with Crippen molar-refractivity contribution in [3.63, 3.8) is 0 Å². The quantitative estimate of drug-likeness (QED) is 0.585. The highest BCUT2D eigenvalue weighted by molar-refractivity contribution is 8.87. The van der Waals surface area contributed by atoms with Crippen LogP contribution in [0.25, 0.3) is 0 Å². The maximum Gasteiger partial charge on any atom is 0.199 e. The van der Waals surface area contributed by atoms with Gasteiger partial charge in [0.25, 0.3) is 0 Å². The van der Waals surface area contributed by atoms with E-state index in [0.29, 0.717) is 12.8 Å². The van der Waals surface area contributed by atoms with E-state index in [9.17, 15) is 9.59 Å². The Labute approximate surface area is 86.6 Å². The van der Waals surface area contributed by atoms with Gasteiger partial charge in [-0.05, 0) is 34.4 Å². The molecule has 1 fully saturated rings. The molecule has 74 valence electrons. The van der Waals surface area contributed by atoms with Gasteiger partial charge in [-0.1, -0.05) is 19.3 Å². The molecule has 1 saturated heterocycles. The molecule has 0 aromatic heterocycles. The van der Waals surface area contributed by atoms with E-state index < -0.39 is 0 Å². The van der Waals surface area contributed by atoms with E-state index in [0.717, 1.165) is 53.7 Å². The highest BCUT2D eigenvalue weighted by atomic mass is 33.1. The second kappa shape index (κ2) is 6.49. The van der Waals surface area contributed by atoms with Crippen molar-refractivity contribution in [1.82, 2.24) is 0 Å². The van der Waals surface area contributed by atoms with Gasteiger partial charge in [-0.15, -0.1) is 0 Å². The molecule has 0 unspecified atom stereocenters. The van der Waals surface area contributed by atoms with Crippen LogP contribution in [0.15, 0.2) is 0 Å². The molecule has 13 heavy (non-hydrogen) atoms. The first kappa shape index (κ1) is 11.1. The Kier molecular flexibility index (Phi) is 5.55. The number of carbonyl (C=O) groups is 2. The number of hydrogen-bond acceptors (Lipinski definition) is 4. The molecule has 1 aliphatic rings. The number of rotatable bonds is 0. The van der Waals surface area contributed by atoms with Gasteiger partial charge in [0.15, 0.2) is 10.2 Å². The second-order valence-electron chi connectivity index (χ2n) is 3.18. The van der Waals surface area contributed by atoms with Crippen LogP contribution >= 0.6 is 21.6 Å². The summed E-state index contributed by atoms with van der Waals surface area (Å²) in [5.41, 5.74) is 0. The minimum atomic E-state index is 0.153. The summed E-state index contributed by atoms with van der Waals surface area (Å²) in [5.74, 6) is 0. The summed E-state index contributed by atoms with van der Waals surface area (Å²) in [5, 5.41) is 0.306. The van der Waals surface area contributed by atoms with E-state index in [1.807, 2.05) is 0 Å². The van der Waals surface area contributed by atoms with Gasteiger partial charge >= 0.3 is 0 Å². The summed E-state index contributed by atoms with van der Waals surface area (Å²) in [6.45, 7) is 0. The zero-order valence-electron chi connectivity index (χ0n) is 7.58. The maximum atomic E-state index is 11.1. The van der Waals surface area contributed by atoms with Gasteiger partial charge in [0.2, 0.25) is 0 Å². The first-order valence-electron chi connectivity index (χ1n) is 4.69. The van der Waals surface area contributed by atoms with E-state index in [-0.39, 0.29) is 10.2 Å². The Morgan fingerprint density at radius 1 is 0.692 bits per heavy atom. The highest BCUT2D eigenvalue weighted by Gasteiger charge is 2.10. The van der Waals surface area contributed by atoms with E-state index in [1.165, 1.54) is 0 Å². The van der Waals surface area contributed by atoms with Crippen molar-refractivity contribution in [3.05, 3.63) is 0 Å². The van der Waals surface area contributed by atoms with Crippen molar-refractivity contribution < 1.29 is 9.59 Å². The van der Waals surface area contributed by atoms with E-state index in [4.69, 9.17) is 0 Å². The molecule has 0 spiro atoms. The Bertz CT molecular complexity index is 172. The fraction of sp³-hybridized carbons (Fsp3) is 0.778. The van der Waals surface area contributed by atoms with Crippen LogP contribution < -0.4 is 0 Å². The molecule has 0 atom stereocenters. The van der Waals surface area contributed by atoms with Gasteiger partial charge < -0.3 is 0 Å². The summed E-state index contributed by atoms with van der Waals surface area (Å²) in [6, 6.07) is 0. The third-order valence-corrected chi connectivity index (χ3v) is 4.22. The average Bonchev–Trinajstić information content (AvgIpc) is 2.15. The molecule has 0 amide bonds. The molecular weight excluding hydrogens is 204 g/mol. The molecule has 1 aliphatic heterocycles. The van der Waals surface area contributed by atoms with Gasteiger partial charge in [-0.2, -0.15) is 0 Å². The monoisotopic (exact) mass is 218 g/mol. The van der Waals surface area contributed by atoms with Crippen molar-refractivity contribution in [2.24, 2.45) is 0 Å². The minimum absolute atomic E-state index is 0.153. The Hall–Kier alpha value is 0.0400. The highest BCUT2D eigenvalue weighted by Crippen LogP contribution is 2.28. The zero-order valence-corrected chi connectivity index (χ0v) is 9.22. The van der Waals surface area contributed by atoms with Crippen molar-refractivity contribution in [3.8, 4) is 0 Å². The predicted octanol–water partition coefficient (Wildman–Crippen LogP) is 3.17. The lowest BCUT2D eigenvalue weighted by Crippen LogP contribution is -1.91. The minimum Gasteiger partial charge on any atom is -0.286 e. The third kappa shape index (κ3) is 5.37. The van der Waals surface area contributed by atoms with Crippen LogP contribution in [0.1, 0.15) is 44.9 Å². The van der Waals surface area contributed by atoms with Crippen LogP contribution in [0.3, 0.4) is 0 Å². The molecule has 1 rings (SSSR count). The molecule has 0 aliphatic carbocycles. The first-order valence-corrected chi connectivity index (χ1v) is 6.84. The fourth-order valence-corrected chi connectivity index (χ4v) is 2.94. The Balaban J connectivity index is 2.32. The predicted molar refractivity (Wildman–Crippen MR) is 57.5 cm³/mol. The lowest BCUT2D eigenvalue weighted by Gasteiger charge is -1.96. The summed E-state index contributed by atoms with van der Waals surface area (Å²) in [6.07, 6.45) is 6.66. The molecule has 0 aromatic rings. The molecule has 0 aromatic carbocycles. The lowest BCUT2D eigenvalue weighted by atomic mass is 10.1. The van der Waals surface area contributed by atoms with Crippen molar-refractivity contribution >= 4 is 31.8 Å². The van der Waals surface area contributed by atoms with Crippen LogP contribution in [-0.2, 0) is 9.59 Å². The molecule has 1 heterocycles. The van der Waals surface area contributed by atoms with Gasteiger partial charge in [0, 0.05) is 12.8 Å². The molecule has 0 saturated carbocycles. The van der Waals surface area contributed by atoms with E-state index in [1.54, 1.807) is 0 Å². The first-order chi connectivity index (χ1) is 6.29. The van der Waals surface area contributed by atoms with Crippen LogP contribution in [0, 0.1) is 0 Å². The number of carbonyl (C=O) groups excluding carboxylic acids is 2. The summed E-state index contributed by atoms with van der Waals surface area (Å²) in [7, 11) is 2.24. The molecule has 0 radical (unpaired) electrons. The van der Waals surface area contributed by atoms with Crippen LogP contribution in [-0.4, -0.2) is 10.2 Å². The zero-order chi connectivity index (χ0) is 9.52. The van der Waals surface area contributed by atoms with Gasteiger partial charge in [-0.3, -0.25) is 9.59 Å². The van der Waals surface area contributed by atoms with Crippen LogP contribution in [0.5, 0.6) is 0 Å². The van der Waals surface area contributed by atoms with Gasteiger partial charge in [0.1, 0.15) is 0 Å². The van der Waals surface area contributed by atoms with Crippen molar-refractivity contribution in [2.45, 2.75) is 44.9 Å². The average molecular weight is 218 g/mol. The van der Waals surface area contributed by atoms with Crippen LogP contribution in [0.2, 0.25) is 0 Å². The standard InChI is InChI=1S/C9H14O2S2/c10-8-6-4-2-1-3-5-7-9(11)13-12-8/h1-7H2. The normalized spacial score (nSPS) is 22.5. The molecular formula is C9H14O2S2. The topological polar surface area (TPSA) is 34.1 Å². The number of hydrogen-bond donors (Lipinski definition) is 0. The summed E-state index contributed by atoms with van der Waals surface area (Å²) < 4.78 is 0. The van der Waals surface area contributed by atoms with Gasteiger partial charge in [0.05, 0.1) is 0 Å². The van der Waals surface area contributed by atoms with Crippen molar-refractivity contribution in [1.29, 1.82) is 0 Å². The van der Waals surface area contributed by atoms with Gasteiger partial charge in [-0.25, -0.2) is 0 Å². The third-order valence-electron chi connectivity index (χ3n) is 1.99. The molecule has 4 heteroatoms. The van der Waals surface area contributed by atoms with E-state index >= 15 is 0 Å². The largest absolute Gasteiger partial charge is 0.286 e. The maximum absolute atomic E-state index is 11.1. The molecule has 2 nitrogen and oxygen atoms in total. The van der Waals surface area contributed by atoms with Crippen molar-refractivity contribution in [2.75, 3.05) is 0 Å².